The fourth-order valence-corrected chi connectivity index (χ4v) is 2.36. The van der Waals surface area contributed by atoms with Crippen LogP contribution in [0.15, 0.2) is 23.2 Å². The number of alkyl halides is 3. The SMILES string of the molecule is CN=C(NCCCSC)NCc1ccc(C)cc1OCC(F)(F)F.I. The summed E-state index contributed by atoms with van der Waals surface area (Å²) in [5, 5.41) is 6.26. The Labute approximate surface area is 168 Å². The van der Waals surface area contributed by atoms with Crippen molar-refractivity contribution in [1.82, 2.24) is 10.6 Å². The average Bonchev–Trinajstić information content (AvgIpc) is 2.53. The number of rotatable bonds is 8. The third-order valence-corrected chi connectivity index (χ3v) is 3.80. The Kier molecular flexibility index (Phi) is 12.1. The Balaban J connectivity index is 0.00000576. The van der Waals surface area contributed by atoms with Crippen LogP contribution in [0.5, 0.6) is 5.75 Å². The number of aliphatic imine (C=N–C) groups is 1. The van der Waals surface area contributed by atoms with E-state index in [1.807, 2.05) is 19.2 Å². The van der Waals surface area contributed by atoms with Crippen molar-refractivity contribution in [3.63, 3.8) is 0 Å². The van der Waals surface area contributed by atoms with Gasteiger partial charge in [0.05, 0.1) is 0 Å². The molecule has 0 aliphatic heterocycles. The molecule has 0 atom stereocenters. The molecule has 0 aromatic heterocycles. The molecule has 0 amide bonds. The van der Waals surface area contributed by atoms with Gasteiger partial charge >= 0.3 is 6.18 Å². The molecule has 0 bridgehead atoms. The van der Waals surface area contributed by atoms with Crippen molar-refractivity contribution >= 4 is 41.7 Å². The first-order valence-corrected chi connectivity index (χ1v) is 8.97. The first kappa shape index (κ1) is 24.2. The Hall–Kier alpha value is -0.840. The average molecular weight is 491 g/mol. The molecule has 2 N–H and O–H groups in total. The normalized spacial score (nSPS) is 11.7. The van der Waals surface area contributed by atoms with Gasteiger partial charge < -0.3 is 15.4 Å². The summed E-state index contributed by atoms with van der Waals surface area (Å²) in [6, 6.07) is 5.21. The van der Waals surface area contributed by atoms with Crippen LogP contribution in [0, 0.1) is 6.92 Å². The third kappa shape index (κ3) is 10.7. The molecular formula is C16H25F3IN3OS. The highest BCUT2D eigenvalue weighted by molar-refractivity contribution is 14.0. The van der Waals surface area contributed by atoms with E-state index in [9.17, 15) is 13.2 Å². The zero-order chi connectivity index (χ0) is 18.0. The summed E-state index contributed by atoms with van der Waals surface area (Å²) >= 11 is 1.77. The van der Waals surface area contributed by atoms with Crippen LogP contribution in [0.3, 0.4) is 0 Å². The van der Waals surface area contributed by atoms with Gasteiger partial charge in [-0.1, -0.05) is 12.1 Å². The van der Waals surface area contributed by atoms with Gasteiger partial charge in [-0.05, 0) is 37.0 Å². The van der Waals surface area contributed by atoms with Crippen molar-refractivity contribution in [3.05, 3.63) is 29.3 Å². The highest BCUT2D eigenvalue weighted by atomic mass is 127. The quantitative estimate of drug-likeness (QED) is 0.250. The molecule has 0 saturated carbocycles. The number of thioether (sulfide) groups is 1. The Morgan fingerprint density at radius 3 is 2.60 bits per heavy atom. The monoisotopic (exact) mass is 491 g/mol. The highest BCUT2D eigenvalue weighted by Gasteiger charge is 2.28. The first-order valence-electron chi connectivity index (χ1n) is 7.58. The van der Waals surface area contributed by atoms with Gasteiger partial charge in [-0.25, -0.2) is 0 Å². The molecule has 4 nitrogen and oxygen atoms in total. The molecule has 1 rings (SSSR count). The van der Waals surface area contributed by atoms with E-state index in [4.69, 9.17) is 4.74 Å². The zero-order valence-corrected chi connectivity index (χ0v) is 17.7. The van der Waals surface area contributed by atoms with E-state index in [1.54, 1.807) is 30.9 Å². The van der Waals surface area contributed by atoms with Crippen LogP contribution in [0.1, 0.15) is 17.5 Å². The summed E-state index contributed by atoms with van der Waals surface area (Å²) in [7, 11) is 1.65. The summed E-state index contributed by atoms with van der Waals surface area (Å²) in [4.78, 5) is 4.10. The molecule has 0 saturated heterocycles. The smallest absolute Gasteiger partial charge is 0.422 e. The molecule has 0 aliphatic rings. The predicted molar refractivity (Wildman–Crippen MR) is 109 cm³/mol. The van der Waals surface area contributed by atoms with Crippen molar-refractivity contribution in [2.75, 3.05) is 32.2 Å². The van der Waals surface area contributed by atoms with E-state index in [1.165, 1.54) is 0 Å². The predicted octanol–water partition coefficient (Wildman–Crippen LogP) is 3.97. The number of nitrogens with one attached hydrogen (secondary N) is 2. The lowest BCUT2D eigenvalue weighted by Crippen LogP contribution is -2.37. The number of nitrogens with zero attached hydrogens (tertiary/aromatic N) is 1. The minimum atomic E-state index is -4.36. The molecule has 0 fully saturated rings. The molecule has 0 aliphatic carbocycles. The number of aryl methyl sites for hydroxylation is 1. The largest absolute Gasteiger partial charge is 0.484 e. The molecule has 0 radical (unpaired) electrons. The van der Waals surface area contributed by atoms with Gasteiger partial charge in [0, 0.05) is 25.7 Å². The number of benzene rings is 1. The number of ether oxygens (including phenoxy) is 1. The Bertz CT molecular complexity index is 542. The van der Waals surface area contributed by atoms with Crippen LogP contribution in [0.2, 0.25) is 0 Å². The van der Waals surface area contributed by atoms with Crippen LogP contribution in [0.25, 0.3) is 0 Å². The van der Waals surface area contributed by atoms with Crippen molar-refractivity contribution in [2.24, 2.45) is 4.99 Å². The number of hydrogen-bond acceptors (Lipinski definition) is 3. The van der Waals surface area contributed by atoms with Crippen LogP contribution in [-0.4, -0.2) is 44.3 Å². The standard InChI is InChI=1S/C16H24F3N3OS.HI/c1-12-5-6-13(14(9-12)23-11-16(17,18)19)10-22-15(20-2)21-7-4-8-24-3;/h5-6,9H,4,7-8,10-11H2,1-3H3,(H2,20,21,22);1H. The minimum Gasteiger partial charge on any atom is -0.484 e. The maximum atomic E-state index is 12.4. The fraction of sp³-hybridized carbons (Fsp3) is 0.562. The second-order valence-electron chi connectivity index (χ2n) is 5.21. The van der Waals surface area contributed by atoms with Gasteiger partial charge in [-0.2, -0.15) is 24.9 Å². The van der Waals surface area contributed by atoms with Gasteiger partial charge in [-0.15, -0.1) is 24.0 Å². The minimum absolute atomic E-state index is 0. The van der Waals surface area contributed by atoms with E-state index in [0.29, 0.717) is 18.1 Å². The van der Waals surface area contributed by atoms with Crippen molar-refractivity contribution in [2.45, 2.75) is 26.1 Å². The van der Waals surface area contributed by atoms with Crippen LogP contribution in [-0.2, 0) is 6.54 Å². The second-order valence-corrected chi connectivity index (χ2v) is 6.20. The van der Waals surface area contributed by atoms with Gasteiger partial charge in [0.15, 0.2) is 12.6 Å². The lowest BCUT2D eigenvalue weighted by Gasteiger charge is -2.16. The summed E-state index contributed by atoms with van der Waals surface area (Å²) in [6.07, 6.45) is -1.30. The molecule has 0 heterocycles. The van der Waals surface area contributed by atoms with E-state index in [0.717, 1.165) is 24.3 Å². The van der Waals surface area contributed by atoms with Crippen LogP contribution >= 0.6 is 35.7 Å². The Morgan fingerprint density at radius 1 is 1.28 bits per heavy atom. The van der Waals surface area contributed by atoms with E-state index < -0.39 is 12.8 Å². The lowest BCUT2D eigenvalue weighted by molar-refractivity contribution is -0.153. The molecule has 1 aromatic carbocycles. The molecule has 1 aromatic rings. The van der Waals surface area contributed by atoms with Crippen molar-refractivity contribution < 1.29 is 17.9 Å². The maximum absolute atomic E-state index is 12.4. The Morgan fingerprint density at radius 2 is 2.00 bits per heavy atom. The first-order chi connectivity index (χ1) is 11.4. The van der Waals surface area contributed by atoms with E-state index in [2.05, 4.69) is 15.6 Å². The van der Waals surface area contributed by atoms with Gasteiger partial charge in [-0.3, -0.25) is 4.99 Å². The topological polar surface area (TPSA) is 45.7 Å². The van der Waals surface area contributed by atoms with Crippen LogP contribution < -0.4 is 15.4 Å². The number of halogens is 4. The molecule has 9 heteroatoms. The van der Waals surface area contributed by atoms with Gasteiger partial charge in [0.25, 0.3) is 0 Å². The summed E-state index contributed by atoms with van der Waals surface area (Å²) in [6.45, 7) is 1.62. The molecule has 25 heavy (non-hydrogen) atoms. The van der Waals surface area contributed by atoms with E-state index in [-0.39, 0.29) is 29.7 Å². The second kappa shape index (κ2) is 12.5. The third-order valence-electron chi connectivity index (χ3n) is 3.10. The fourth-order valence-electron chi connectivity index (χ4n) is 1.92. The van der Waals surface area contributed by atoms with Crippen LogP contribution in [0.4, 0.5) is 13.2 Å². The van der Waals surface area contributed by atoms with Crippen molar-refractivity contribution in [3.8, 4) is 5.75 Å². The number of hydrogen-bond donors (Lipinski definition) is 2. The summed E-state index contributed by atoms with van der Waals surface area (Å²) in [5.74, 6) is 1.90. The molecular weight excluding hydrogens is 466 g/mol. The number of guanidine groups is 1. The summed E-state index contributed by atoms with van der Waals surface area (Å²) in [5.41, 5.74) is 1.49. The molecule has 144 valence electrons. The highest BCUT2D eigenvalue weighted by Crippen LogP contribution is 2.23. The van der Waals surface area contributed by atoms with Gasteiger partial charge in [0.2, 0.25) is 0 Å². The van der Waals surface area contributed by atoms with Crippen molar-refractivity contribution in [1.29, 1.82) is 0 Å². The lowest BCUT2D eigenvalue weighted by atomic mass is 10.1. The van der Waals surface area contributed by atoms with E-state index >= 15 is 0 Å². The summed E-state index contributed by atoms with van der Waals surface area (Å²) < 4.78 is 42.1. The molecule has 0 unspecified atom stereocenters. The zero-order valence-electron chi connectivity index (χ0n) is 14.6. The molecule has 0 spiro atoms. The van der Waals surface area contributed by atoms with Gasteiger partial charge in [0.1, 0.15) is 5.75 Å². The maximum Gasteiger partial charge on any atom is 0.422 e.